The highest BCUT2D eigenvalue weighted by molar-refractivity contribution is 5.95. The van der Waals surface area contributed by atoms with Crippen molar-refractivity contribution in [3.05, 3.63) is 42.0 Å². The largest absolute Gasteiger partial charge is 0.490 e. The number of hydrogen-bond acceptors (Lipinski definition) is 3. The lowest BCUT2D eigenvalue weighted by molar-refractivity contribution is -0.116. The number of rotatable bonds is 4. The lowest BCUT2D eigenvalue weighted by Gasteiger charge is -2.25. The Hall–Kier alpha value is -2.30. The lowest BCUT2D eigenvalue weighted by Crippen LogP contribution is -2.24. The predicted octanol–water partition coefficient (Wildman–Crippen LogP) is 3.70. The molecule has 1 aromatic heterocycles. The second-order valence-electron chi connectivity index (χ2n) is 6.71. The highest BCUT2D eigenvalue weighted by Gasteiger charge is 2.28. The van der Waals surface area contributed by atoms with E-state index in [-0.39, 0.29) is 11.8 Å². The molecular formula is C19H23N3O2. The molecule has 1 N–H and O–H groups in total. The fourth-order valence-corrected chi connectivity index (χ4v) is 3.71. The maximum Gasteiger partial charge on any atom is 0.225 e. The summed E-state index contributed by atoms with van der Waals surface area (Å²) >= 11 is 0. The number of fused-ring (bicyclic) bond motifs is 1. The van der Waals surface area contributed by atoms with Gasteiger partial charge in [0.05, 0.1) is 18.1 Å². The molecular weight excluding hydrogens is 302 g/mol. The summed E-state index contributed by atoms with van der Waals surface area (Å²) in [6.07, 6.45) is 9.37. The summed E-state index contributed by atoms with van der Waals surface area (Å²) in [5.41, 5.74) is 2.94. The molecule has 5 nitrogen and oxygen atoms in total. The van der Waals surface area contributed by atoms with E-state index in [4.69, 9.17) is 4.74 Å². The van der Waals surface area contributed by atoms with Gasteiger partial charge in [0, 0.05) is 36.8 Å². The molecule has 1 aromatic carbocycles. The van der Waals surface area contributed by atoms with Crippen molar-refractivity contribution >= 4 is 11.6 Å². The number of carbonyl (C=O) groups excluding carboxylic acids is 1. The van der Waals surface area contributed by atoms with E-state index in [1.807, 2.05) is 29.2 Å². The van der Waals surface area contributed by atoms with E-state index in [2.05, 4.69) is 23.3 Å². The monoisotopic (exact) mass is 325 g/mol. The maximum absolute atomic E-state index is 12.2. The van der Waals surface area contributed by atoms with Gasteiger partial charge in [-0.3, -0.25) is 4.79 Å². The van der Waals surface area contributed by atoms with Crippen molar-refractivity contribution in [2.45, 2.75) is 57.6 Å². The van der Waals surface area contributed by atoms with E-state index in [0.29, 0.717) is 12.5 Å². The van der Waals surface area contributed by atoms with Gasteiger partial charge in [-0.15, -0.1) is 0 Å². The van der Waals surface area contributed by atoms with Crippen LogP contribution in [0.1, 0.15) is 56.2 Å². The number of nitrogens with one attached hydrogen (secondary N) is 1. The van der Waals surface area contributed by atoms with Crippen LogP contribution >= 0.6 is 0 Å². The number of hydrogen-bond donors (Lipinski definition) is 1. The molecule has 1 saturated carbocycles. The highest BCUT2D eigenvalue weighted by Crippen LogP contribution is 2.38. The summed E-state index contributed by atoms with van der Waals surface area (Å²) in [7, 11) is 0. The molecule has 1 aliphatic heterocycles. The average molecular weight is 325 g/mol. The first-order chi connectivity index (χ1) is 11.7. The van der Waals surface area contributed by atoms with Crippen molar-refractivity contribution < 1.29 is 9.53 Å². The minimum absolute atomic E-state index is 0.0158. The second kappa shape index (κ2) is 6.30. The minimum Gasteiger partial charge on any atom is -0.490 e. The van der Waals surface area contributed by atoms with Crippen molar-refractivity contribution in [2.75, 3.05) is 5.32 Å². The molecule has 1 aliphatic carbocycles. The Morgan fingerprint density at radius 2 is 2.17 bits per heavy atom. The topological polar surface area (TPSA) is 56.2 Å². The number of anilines is 1. The van der Waals surface area contributed by atoms with Crippen molar-refractivity contribution in [3.63, 3.8) is 0 Å². The van der Waals surface area contributed by atoms with Crippen LogP contribution in [0.3, 0.4) is 0 Å². The molecule has 24 heavy (non-hydrogen) atoms. The Kier molecular flexibility index (Phi) is 4.00. The molecule has 0 bridgehead atoms. The number of nitrogens with zero attached hydrogens (tertiary/aromatic N) is 2. The van der Waals surface area contributed by atoms with Crippen molar-refractivity contribution in [2.24, 2.45) is 0 Å². The summed E-state index contributed by atoms with van der Waals surface area (Å²) in [6, 6.07) is 6.07. The van der Waals surface area contributed by atoms with Crippen LogP contribution in [0.15, 0.2) is 30.7 Å². The molecule has 0 radical (unpaired) electrons. The Bertz CT molecular complexity index is 747. The predicted molar refractivity (Wildman–Crippen MR) is 92.3 cm³/mol. The molecule has 2 aliphatic rings. The molecule has 2 heterocycles. The van der Waals surface area contributed by atoms with Gasteiger partial charge in [-0.25, -0.2) is 4.98 Å². The highest BCUT2D eigenvalue weighted by atomic mass is 16.5. The third kappa shape index (κ3) is 2.90. The molecule has 1 amide bonds. The molecule has 0 saturated heterocycles. The van der Waals surface area contributed by atoms with Crippen molar-refractivity contribution in [1.29, 1.82) is 0 Å². The van der Waals surface area contributed by atoms with E-state index in [1.165, 1.54) is 12.8 Å². The molecule has 1 atom stereocenters. The molecule has 1 unspecified atom stereocenters. The summed E-state index contributed by atoms with van der Waals surface area (Å²) in [5, 5.41) is 2.99. The molecule has 4 rings (SSSR count). The molecule has 126 valence electrons. The zero-order valence-electron chi connectivity index (χ0n) is 14.0. The van der Waals surface area contributed by atoms with Crippen LogP contribution in [-0.4, -0.2) is 21.6 Å². The Morgan fingerprint density at radius 3 is 2.92 bits per heavy atom. The van der Waals surface area contributed by atoms with Gasteiger partial charge in [-0.1, -0.05) is 6.07 Å². The first-order valence-electron chi connectivity index (χ1n) is 8.85. The normalized spacial score (nSPS) is 20.7. The standard InChI is InChI=1S/C19H23N3O2/c1-2-22-11-18(20-12-22)16-10-19(23)21-17-9-14(7-8-15(16)17)24-13-5-3-4-6-13/h7-9,11-13,16H,2-6,10H2,1H3,(H,21,23). The number of aromatic nitrogens is 2. The van der Waals surface area contributed by atoms with Gasteiger partial charge >= 0.3 is 0 Å². The van der Waals surface area contributed by atoms with Crippen molar-refractivity contribution in [3.8, 4) is 5.75 Å². The lowest BCUT2D eigenvalue weighted by atomic mass is 9.88. The number of carbonyl (C=O) groups is 1. The Balaban J connectivity index is 1.62. The first kappa shape index (κ1) is 15.2. The SMILES string of the molecule is CCn1cnc(C2CC(=O)Nc3cc(OC4CCCC4)ccc32)c1. The Morgan fingerprint density at radius 1 is 1.33 bits per heavy atom. The van der Waals surface area contributed by atoms with E-state index < -0.39 is 0 Å². The van der Waals surface area contributed by atoms with Crippen molar-refractivity contribution in [1.82, 2.24) is 9.55 Å². The van der Waals surface area contributed by atoms with Gasteiger partial charge in [0.2, 0.25) is 5.91 Å². The van der Waals surface area contributed by atoms with Crippen LogP contribution < -0.4 is 10.1 Å². The number of ether oxygens (including phenoxy) is 1. The van der Waals surface area contributed by atoms with Gasteiger partial charge in [0.15, 0.2) is 0 Å². The van der Waals surface area contributed by atoms with Gasteiger partial charge in [-0.2, -0.15) is 0 Å². The van der Waals surface area contributed by atoms with Gasteiger partial charge in [0.1, 0.15) is 5.75 Å². The summed E-state index contributed by atoms with van der Waals surface area (Å²) in [5.74, 6) is 0.902. The second-order valence-corrected chi connectivity index (χ2v) is 6.71. The average Bonchev–Trinajstić information content (AvgIpc) is 3.25. The van der Waals surface area contributed by atoms with Crippen LogP contribution in [0.2, 0.25) is 0 Å². The van der Waals surface area contributed by atoms with Crippen LogP contribution in [0.4, 0.5) is 5.69 Å². The number of imidazole rings is 1. The van der Waals surface area contributed by atoms with Gasteiger partial charge < -0.3 is 14.6 Å². The van der Waals surface area contributed by atoms with Crippen LogP contribution in [0, 0.1) is 0 Å². The van der Waals surface area contributed by atoms with Gasteiger partial charge in [-0.05, 0) is 44.2 Å². The molecule has 5 heteroatoms. The molecule has 2 aromatic rings. The molecule has 1 fully saturated rings. The Labute approximate surface area is 142 Å². The third-order valence-corrected chi connectivity index (χ3v) is 5.04. The quantitative estimate of drug-likeness (QED) is 0.932. The summed E-state index contributed by atoms with van der Waals surface area (Å²) in [6.45, 7) is 2.96. The summed E-state index contributed by atoms with van der Waals surface area (Å²) < 4.78 is 8.11. The maximum atomic E-state index is 12.2. The summed E-state index contributed by atoms with van der Waals surface area (Å²) in [4.78, 5) is 16.7. The number of benzene rings is 1. The van der Waals surface area contributed by atoms with Crippen LogP contribution in [-0.2, 0) is 11.3 Å². The zero-order valence-corrected chi connectivity index (χ0v) is 14.0. The van der Waals surface area contributed by atoms with E-state index >= 15 is 0 Å². The minimum atomic E-state index is 0.0158. The van der Waals surface area contributed by atoms with E-state index in [9.17, 15) is 4.79 Å². The first-order valence-corrected chi connectivity index (χ1v) is 8.85. The van der Waals surface area contributed by atoms with Crippen LogP contribution in [0.5, 0.6) is 5.75 Å². The number of aryl methyl sites for hydroxylation is 1. The van der Waals surface area contributed by atoms with E-state index in [0.717, 1.165) is 42.1 Å². The number of amides is 1. The zero-order chi connectivity index (χ0) is 16.5. The van der Waals surface area contributed by atoms with Gasteiger partial charge in [0.25, 0.3) is 0 Å². The van der Waals surface area contributed by atoms with E-state index in [1.54, 1.807) is 0 Å². The molecule has 0 spiro atoms. The third-order valence-electron chi connectivity index (χ3n) is 5.04. The smallest absolute Gasteiger partial charge is 0.225 e. The fourth-order valence-electron chi connectivity index (χ4n) is 3.71. The fraction of sp³-hybridized carbons (Fsp3) is 0.474. The van der Waals surface area contributed by atoms with Crippen LogP contribution in [0.25, 0.3) is 0 Å².